The Morgan fingerprint density at radius 2 is 2.25 bits per heavy atom. The van der Waals surface area contributed by atoms with Crippen molar-refractivity contribution in [3.05, 3.63) is 39.2 Å². The summed E-state index contributed by atoms with van der Waals surface area (Å²) < 4.78 is 1.52. The molecule has 1 N–H and O–H groups in total. The molecule has 2 aromatic heterocycles. The lowest BCUT2D eigenvalue weighted by Crippen LogP contribution is -2.36. The Bertz CT molecular complexity index is 759. The Morgan fingerprint density at radius 1 is 1.45 bits per heavy atom. The number of carbonyl (C=O) groups is 1. The minimum atomic E-state index is -0.501. The van der Waals surface area contributed by atoms with Gasteiger partial charge in [0.2, 0.25) is 5.91 Å². The maximum absolute atomic E-state index is 12.6. The number of hydrogen-bond acceptors (Lipinski definition) is 4. The Balaban J connectivity index is 2.15. The zero-order chi connectivity index (χ0) is 14.3. The lowest BCUT2D eigenvalue weighted by molar-refractivity contribution is -0.123. The van der Waals surface area contributed by atoms with E-state index in [1.165, 1.54) is 15.9 Å². The monoisotopic (exact) mass is 289 g/mol. The molecule has 1 amide bonds. The Labute approximate surface area is 119 Å². The van der Waals surface area contributed by atoms with Crippen molar-refractivity contribution in [3.8, 4) is 0 Å². The van der Waals surface area contributed by atoms with Crippen LogP contribution in [0.2, 0.25) is 0 Å². The predicted molar refractivity (Wildman–Crippen MR) is 78.8 cm³/mol. The Morgan fingerprint density at radius 3 is 3.05 bits per heavy atom. The summed E-state index contributed by atoms with van der Waals surface area (Å²) in [6.45, 7) is 5.58. The van der Waals surface area contributed by atoms with Gasteiger partial charge in [-0.1, -0.05) is 6.58 Å². The molecule has 1 aliphatic heterocycles. The quantitative estimate of drug-likeness (QED) is 0.874. The average molecular weight is 289 g/mol. The highest BCUT2D eigenvalue weighted by atomic mass is 32.1. The summed E-state index contributed by atoms with van der Waals surface area (Å²) in [6.07, 6.45) is 2.21. The van der Waals surface area contributed by atoms with Crippen LogP contribution in [0.5, 0.6) is 0 Å². The summed E-state index contributed by atoms with van der Waals surface area (Å²) in [6, 6.07) is -0.501. The molecule has 5 nitrogen and oxygen atoms in total. The van der Waals surface area contributed by atoms with Crippen LogP contribution in [-0.2, 0) is 4.79 Å². The van der Waals surface area contributed by atoms with E-state index >= 15 is 0 Å². The molecule has 20 heavy (non-hydrogen) atoms. The van der Waals surface area contributed by atoms with Gasteiger partial charge >= 0.3 is 0 Å². The zero-order valence-electron chi connectivity index (χ0n) is 11.2. The van der Waals surface area contributed by atoms with Crippen LogP contribution in [0, 0.1) is 6.92 Å². The van der Waals surface area contributed by atoms with Crippen LogP contribution in [0.1, 0.15) is 31.1 Å². The molecule has 104 valence electrons. The second-order valence-corrected chi connectivity index (χ2v) is 5.75. The van der Waals surface area contributed by atoms with E-state index in [-0.39, 0.29) is 11.5 Å². The SMILES string of the molecule is C=C1CCCC(n2c(C)nc3cscc3c2=O)C(=O)N1. The highest BCUT2D eigenvalue weighted by molar-refractivity contribution is 7.09. The van der Waals surface area contributed by atoms with Gasteiger partial charge < -0.3 is 5.32 Å². The summed E-state index contributed by atoms with van der Waals surface area (Å²) in [4.78, 5) is 29.2. The van der Waals surface area contributed by atoms with Gasteiger partial charge in [-0.2, -0.15) is 0 Å². The fourth-order valence-corrected chi connectivity index (χ4v) is 3.35. The largest absolute Gasteiger partial charge is 0.329 e. The van der Waals surface area contributed by atoms with Crippen LogP contribution in [0.3, 0.4) is 0 Å². The first-order valence-electron chi connectivity index (χ1n) is 6.51. The van der Waals surface area contributed by atoms with Crippen LogP contribution < -0.4 is 10.9 Å². The molecule has 1 aliphatic rings. The van der Waals surface area contributed by atoms with Gasteiger partial charge in [0.25, 0.3) is 5.56 Å². The van der Waals surface area contributed by atoms with Crippen molar-refractivity contribution in [1.29, 1.82) is 0 Å². The van der Waals surface area contributed by atoms with Crippen molar-refractivity contribution in [2.24, 2.45) is 0 Å². The molecule has 6 heteroatoms. The summed E-state index contributed by atoms with van der Waals surface area (Å²) in [5.41, 5.74) is 1.28. The van der Waals surface area contributed by atoms with E-state index in [1.807, 2.05) is 5.38 Å². The summed E-state index contributed by atoms with van der Waals surface area (Å²) in [5, 5.41) is 6.98. The minimum absolute atomic E-state index is 0.138. The molecular weight excluding hydrogens is 274 g/mol. The zero-order valence-corrected chi connectivity index (χ0v) is 12.0. The van der Waals surface area contributed by atoms with Gasteiger partial charge in [-0.05, 0) is 26.2 Å². The lowest BCUT2D eigenvalue weighted by atomic mass is 10.1. The molecule has 0 bridgehead atoms. The van der Waals surface area contributed by atoms with E-state index in [2.05, 4.69) is 16.9 Å². The fraction of sp³-hybridized carbons (Fsp3) is 0.357. The number of carbonyl (C=O) groups excluding carboxylic acids is 1. The molecule has 1 fully saturated rings. The molecule has 2 aromatic rings. The van der Waals surface area contributed by atoms with Crippen molar-refractivity contribution in [2.45, 2.75) is 32.2 Å². The third-order valence-electron chi connectivity index (χ3n) is 3.59. The summed E-state index contributed by atoms with van der Waals surface area (Å²) in [7, 11) is 0. The summed E-state index contributed by atoms with van der Waals surface area (Å²) >= 11 is 1.45. The van der Waals surface area contributed by atoms with E-state index in [4.69, 9.17) is 0 Å². The maximum atomic E-state index is 12.6. The number of thiophene rings is 1. The number of nitrogens with one attached hydrogen (secondary N) is 1. The summed E-state index contributed by atoms with van der Waals surface area (Å²) in [5.74, 6) is 0.405. The Hall–Kier alpha value is -1.95. The molecule has 3 rings (SSSR count). The van der Waals surface area contributed by atoms with Crippen LogP contribution in [0.4, 0.5) is 0 Å². The molecule has 0 radical (unpaired) electrons. The molecular formula is C14H15N3O2S. The standard InChI is InChI=1S/C14H15N3O2S/c1-8-4-3-5-12(13(18)15-8)17-9(2)16-11-7-20-6-10(11)14(17)19/h6-7,12H,1,3-5H2,2H3,(H,15,18). The van der Waals surface area contributed by atoms with Crippen molar-refractivity contribution < 1.29 is 4.79 Å². The number of aryl methyl sites for hydroxylation is 1. The van der Waals surface area contributed by atoms with Crippen LogP contribution in [0.15, 0.2) is 27.8 Å². The van der Waals surface area contributed by atoms with Crippen LogP contribution in [-0.4, -0.2) is 15.5 Å². The predicted octanol–water partition coefficient (Wildman–Crippen LogP) is 2.12. The van der Waals surface area contributed by atoms with E-state index < -0.39 is 6.04 Å². The number of amides is 1. The van der Waals surface area contributed by atoms with Crippen LogP contribution in [0.25, 0.3) is 10.9 Å². The minimum Gasteiger partial charge on any atom is -0.329 e. The van der Waals surface area contributed by atoms with Gasteiger partial charge in [0.1, 0.15) is 11.9 Å². The second-order valence-electron chi connectivity index (χ2n) is 5.01. The van der Waals surface area contributed by atoms with Crippen molar-refractivity contribution >= 4 is 28.1 Å². The van der Waals surface area contributed by atoms with E-state index in [9.17, 15) is 9.59 Å². The third-order valence-corrected chi connectivity index (χ3v) is 4.32. The van der Waals surface area contributed by atoms with E-state index in [0.29, 0.717) is 28.8 Å². The van der Waals surface area contributed by atoms with Gasteiger partial charge in [0, 0.05) is 16.5 Å². The molecule has 0 saturated carbocycles. The topological polar surface area (TPSA) is 64.0 Å². The van der Waals surface area contributed by atoms with E-state index in [0.717, 1.165) is 12.8 Å². The van der Waals surface area contributed by atoms with Crippen molar-refractivity contribution in [1.82, 2.24) is 14.9 Å². The molecule has 1 unspecified atom stereocenters. The van der Waals surface area contributed by atoms with E-state index in [1.54, 1.807) is 12.3 Å². The Kier molecular flexibility index (Phi) is 3.17. The lowest BCUT2D eigenvalue weighted by Gasteiger charge is -2.18. The number of nitrogens with zero attached hydrogens (tertiary/aromatic N) is 2. The first-order chi connectivity index (χ1) is 9.58. The van der Waals surface area contributed by atoms with Crippen LogP contribution >= 0.6 is 11.3 Å². The van der Waals surface area contributed by atoms with Gasteiger partial charge in [-0.3, -0.25) is 14.2 Å². The average Bonchev–Trinajstić information content (AvgIpc) is 2.78. The second kappa shape index (κ2) is 4.86. The third kappa shape index (κ3) is 2.06. The number of allylic oxidation sites excluding steroid dienone is 1. The molecule has 3 heterocycles. The van der Waals surface area contributed by atoms with Gasteiger partial charge in [0.05, 0.1) is 10.9 Å². The molecule has 1 saturated heterocycles. The fourth-order valence-electron chi connectivity index (χ4n) is 2.62. The molecule has 0 aromatic carbocycles. The first kappa shape index (κ1) is 13.1. The number of fused-ring (bicyclic) bond motifs is 1. The number of rotatable bonds is 1. The maximum Gasteiger partial charge on any atom is 0.262 e. The first-order valence-corrected chi connectivity index (χ1v) is 7.46. The van der Waals surface area contributed by atoms with Gasteiger partial charge in [0.15, 0.2) is 0 Å². The number of aromatic nitrogens is 2. The highest BCUT2D eigenvalue weighted by Gasteiger charge is 2.26. The van der Waals surface area contributed by atoms with Gasteiger partial charge in [-0.15, -0.1) is 11.3 Å². The normalized spacial score (nSPS) is 19.9. The molecule has 0 aliphatic carbocycles. The smallest absolute Gasteiger partial charge is 0.262 e. The molecule has 0 spiro atoms. The number of hydrogen-bond donors (Lipinski definition) is 1. The van der Waals surface area contributed by atoms with Gasteiger partial charge in [-0.25, -0.2) is 4.98 Å². The van der Waals surface area contributed by atoms with Crippen molar-refractivity contribution in [2.75, 3.05) is 0 Å². The highest BCUT2D eigenvalue weighted by Crippen LogP contribution is 2.22. The molecule has 1 atom stereocenters. The van der Waals surface area contributed by atoms with Crippen molar-refractivity contribution in [3.63, 3.8) is 0 Å².